The summed E-state index contributed by atoms with van der Waals surface area (Å²) in [6.45, 7) is 0.702. The van der Waals surface area contributed by atoms with Gasteiger partial charge in [-0.2, -0.15) is 0 Å². The second kappa shape index (κ2) is 9.42. The van der Waals surface area contributed by atoms with Crippen LogP contribution in [0, 0.1) is 5.82 Å². The first kappa shape index (κ1) is 18.4. The predicted octanol–water partition coefficient (Wildman–Crippen LogP) is 2.20. The summed E-state index contributed by atoms with van der Waals surface area (Å²) in [5.41, 5.74) is 1.81. The molecule has 0 bridgehead atoms. The molecule has 2 aromatic rings. The Bertz CT molecular complexity index is 717. The molecule has 25 heavy (non-hydrogen) atoms. The molecule has 0 aliphatic rings. The van der Waals surface area contributed by atoms with Gasteiger partial charge in [-0.05, 0) is 41.8 Å². The van der Waals surface area contributed by atoms with Crippen LogP contribution in [0.3, 0.4) is 0 Å². The molecular formula is C19H21FN2O3. The van der Waals surface area contributed by atoms with Crippen LogP contribution < -0.4 is 15.4 Å². The van der Waals surface area contributed by atoms with Crippen LogP contribution in [0.2, 0.25) is 0 Å². The van der Waals surface area contributed by atoms with E-state index < -0.39 is 0 Å². The summed E-state index contributed by atoms with van der Waals surface area (Å²) in [6, 6.07) is 13.4. The van der Waals surface area contributed by atoms with Crippen LogP contribution in [-0.2, 0) is 22.6 Å². The highest BCUT2D eigenvalue weighted by molar-refractivity contribution is 5.96. The second-order valence-corrected chi connectivity index (χ2v) is 5.53. The zero-order chi connectivity index (χ0) is 18.1. The maximum absolute atomic E-state index is 12.8. The largest absolute Gasteiger partial charge is 0.497 e. The number of nitrogens with one attached hydrogen (secondary N) is 2. The quantitative estimate of drug-likeness (QED) is 0.722. The number of carbonyl (C=O) groups is 2. The number of methoxy groups -OCH3 is 1. The standard InChI is InChI=1S/C19H21FN2O3/c1-25-17-4-2-3-14(11-17)9-10-21-18(23)12-19(24)22-13-15-5-7-16(20)8-6-15/h2-8,11H,9-10,12-13H2,1H3,(H,21,23)(H,22,24). The maximum Gasteiger partial charge on any atom is 0.229 e. The van der Waals surface area contributed by atoms with Crippen LogP contribution in [0.4, 0.5) is 4.39 Å². The number of halogens is 1. The first-order valence-corrected chi connectivity index (χ1v) is 7.97. The van der Waals surface area contributed by atoms with E-state index in [2.05, 4.69) is 10.6 Å². The molecule has 0 heterocycles. The van der Waals surface area contributed by atoms with Crippen molar-refractivity contribution in [3.63, 3.8) is 0 Å². The van der Waals surface area contributed by atoms with Crippen molar-refractivity contribution in [3.8, 4) is 5.75 Å². The van der Waals surface area contributed by atoms with E-state index in [-0.39, 0.29) is 30.6 Å². The zero-order valence-corrected chi connectivity index (χ0v) is 14.0. The Kier molecular flexibility index (Phi) is 6.95. The molecule has 0 spiro atoms. The highest BCUT2D eigenvalue weighted by Gasteiger charge is 2.09. The lowest BCUT2D eigenvalue weighted by atomic mass is 10.1. The van der Waals surface area contributed by atoms with Crippen LogP contribution in [-0.4, -0.2) is 25.5 Å². The molecular weight excluding hydrogens is 323 g/mol. The van der Waals surface area contributed by atoms with Gasteiger partial charge < -0.3 is 15.4 Å². The summed E-state index contributed by atoms with van der Waals surface area (Å²) < 4.78 is 17.9. The predicted molar refractivity (Wildman–Crippen MR) is 92.6 cm³/mol. The van der Waals surface area contributed by atoms with Gasteiger partial charge >= 0.3 is 0 Å². The Hall–Kier alpha value is -2.89. The Labute approximate surface area is 146 Å². The number of hydrogen-bond acceptors (Lipinski definition) is 3. The number of rotatable bonds is 8. The fourth-order valence-corrected chi connectivity index (χ4v) is 2.25. The van der Waals surface area contributed by atoms with E-state index in [1.807, 2.05) is 24.3 Å². The first-order valence-electron chi connectivity index (χ1n) is 7.97. The summed E-state index contributed by atoms with van der Waals surface area (Å²) in [5.74, 6) is -0.266. The van der Waals surface area contributed by atoms with Crippen LogP contribution in [0.5, 0.6) is 5.75 Å². The summed E-state index contributed by atoms with van der Waals surface area (Å²) in [6.07, 6.45) is 0.416. The molecule has 5 nitrogen and oxygen atoms in total. The van der Waals surface area contributed by atoms with Crippen LogP contribution in [0.15, 0.2) is 48.5 Å². The van der Waals surface area contributed by atoms with Crippen molar-refractivity contribution in [1.29, 1.82) is 0 Å². The van der Waals surface area contributed by atoms with Crippen molar-refractivity contribution < 1.29 is 18.7 Å². The zero-order valence-electron chi connectivity index (χ0n) is 14.0. The SMILES string of the molecule is COc1cccc(CCNC(=O)CC(=O)NCc2ccc(F)cc2)c1. The molecule has 0 aromatic heterocycles. The molecule has 0 aliphatic carbocycles. The van der Waals surface area contributed by atoms with Gasteiger partial charge in [-0.25, -0.2) is 4.39 Å². The molecule has 2 N–H and O–H groups in total. The topological polar surface area (TPSA) is 67.4 Å². The van der Waals surface area contributed by atoms with E-state index in [1.54, 1.807) is 19.2 Å². The minimum Gasteiger partial charge on any atom is -0.497 e. The fourth-order valence-electron chi connectivity index (χ4n) is 2.25. The normalized spacial score (nSPS) is 10.2. The molecule has 6 heteroatoms. The van der Waals surface area contributed by atoms with E-state index in [1.165, 1.54) is 12.1 Å². The first-order chi connectivity index (χ1) is 12.1. The van der Waals surface area contributed by atoms with Gasteiger partial charge in [-0.3, -0.25) is 9.59 Å². The van der Waals surface area contributed by atoms with Crippen molar-refractivity contribution in [3.05, 3.63) is 65.5 Å². The van der Waals surface area contributed by atoms with Crippen LogP contribution >= 0.6 is 0 Å². The van der Waals surface area contributed by atoms with Crippen molar-refractivity contribution in [2.75, 3.05) is 13.7 Å². The molecule has 0 saturated heterocycles. The number of hydrogen-bond donors (Lipinski definition) is 2. The minimum atomic E-state index is -0.372. The molecule has 0 atom stereocenters. The van der Waals surface area contributed by atoms with E-state index in [4.69, 9.17) is 4.74 Å². The summed E-state index contributed by atoms with van der Waals surface area (Å²) in [5, 5.41) is 5.35. The van der Waals surface area contributed by atoms with Crippen molar-refractivity contribution in [2.45, 2.75) is 19.4 Å². The molecule has 0 radical (unpaired) electrons. The molecule has 0 unspecified atom stereocenters. The van der Waals surface area contributed by atoms with Gasteiger partial charge in [0.15, 0.2) is 0 Å². The Morgan fingerprint density at radius 2 is 1.72 bits per heavy atom. The monoisotopic (exact) mass is 344 g/mol. The average Bonchev–Trinajstić information content (AvgIpc) is 2.61. The van der Waals surface area contributed by atoms with Gasteiger partial charge in [0, 0.05) is 13.1 Å². The van der Waals surface area contributed by atoms with Gasteiger partial charge in [0.1, 0.15) is 18.0 Å². The lowest BCUT2D eigenvalue weighted by Crippen LogP contribution is -2.32. The van der Waals surface area contributed by atoms with Crippen molar-refractivity contribution >= 4 is 11.8 Å². The Morgan fingerprint density at radius 1 is 1.00 bits per heavy atom. The number of amides is 2. The van der Waals surface area contributed by atoms with E-state index in [0.717, 1.165) is 16.9 Å². The molecule has 132 valence electrons. The molecule has 0 saturated carbocycles. The van der Waals surface area contributed by atoms with E-state index in [9.17, 15) is 14.0 Å². The summed E-state index contributed by atoms with van der Waals surface area (Å²) >= 11 is 0. The van der Waals surface area contributed by atoms with Crippen LogP contribution in [0.25, 0.3) is 0 Å². The van der Waals surface area contributed by atoms with Gasteiger partial charge in [0.2, 0.25) is 11.8 Å². The lowest BCUT2D eigenvalue weighted by Gasteiger charge is -2.08. The summed E-state index contributed by atoms with van der Waals surface area (Å²) in [7, 11) is 1.60. The minimum absolute atomic E-state index is 0.237. The molecule has 0 aliphatic heterocycles. The Morgan fingerprint density at radius 3 is 2.44 bits per heavy atom. The third-order valence-corrected chi connectivity index (χ3v) is 3.59. The Balaban J connectivity index is 1.67. The molecule has 0 fully saturated rings. The smallest absolute Gasteiger partial charge is 0.229 e. The number of ether oxygens (including phenoxy) is 1. The third kappa shape index (κ3) is 6.63. The molecule has 2 aromatic carbocycles. The number of carbonyl (C=O) groups excluding carboxylic acids is 2. The molecule has 2 rings (SSSR count). The van der Waals surface area contributed by atoms with Gasteiger partial charge in [0.05, 0.1) is 7.11 Å². The third-order valence-electron chi connectivity index (χ3n) is 3.59. The number of benzene rings is 2. The van der Waals surface area contributed by atoms with Crippen LogP contribution in [0.1, 0.15) is 17.5 Å². The van der Waals surface area contributed by atoms with Crippen molar-refractivity contribution in [1.82, 2.24) is 10.6 Å². The van der Waals surface area contributed by atoms with Gasteiger partial charge in [-0.1, -0.05) is 24.3 Å². The fraction of sp³-hybridized carbons (Fsp3) is 0.263. The second-order valence-electron chi connectivity index (χ2n) is 5.53. The van der Waals surface area contributed by atoms with Gasteiger partial charge in [0.25, 0.3) is 0 Å². The maximum atomic E-state index is 12.8. The average molecular weight is 344 g/mol. The summed E-state index contributed by atoms with van der Waals surface area (Å²) in [4.78, 5) is 23.5. The van der Waals surface area contributed by atoms with Crippen molar-refractivity contribution in [2.24, 2.45) is 0 Å². The highest BCUT2D eigenvalue weighted by Crippen LogP contribution is 2.12. The highest BCUT2D eigenvalue weighted by atomic mass is 19.1. The molecule has 2 amide bonds. The lowest BCUT2D eigenvalue weighted by molar-refractivity contribution is -0.129. The van der Waals surface area contributed by atoms with E-state index >= 15 is 0 Å². The van der Waals surface area contributed by atoms with Gasteiger partial charge in [-0.15, -0.1) is 0 Å². The van der Waals surface area contributed by atoms with E-state index in [0.29, 0.717) is 13.0 Å².